The fourth-order valence-electron chi connectivity index (χ4n) is 2.37. The minimum Gasteiger partial charge on any atom is -0.393 e. The van der Waals surface area contributed by atoms with Gasteiger partial charge in [0.05, 0.1) is 6.10 Å². The molecule has 1 heterocycles. The Morgan fingerprint density at radius 2 is 1.88 bits per heavy atom. The van der Waals surface area contributed by atoms with Crippen LogP contribution in [0.5, 0.6) is 0 Å². The summed E-state index contributed by atoms with van der Waals surface area (Å²) in [5, 5.41) is 9.47. The summed E-state index contributed by atoms with van der Waals surface area (Å²) < 4.78 is 0. The lowest BCUT2D eigenvalue weighted by atomic mass is 9.85. The summed E-state index contributed by atoms with van der Waals surface area (Å²) in [6, 6.07) is 4.36. The summed E-state index contributed by atoms with van der Waals surface area (Å²) in [6.07, 6.45) is 5.94. The van der Waals surface area contributed by atoms with Crippen molar-refractivity contribution in [2.75, 3.05) is 0 Å². The number of rotatable bonds is 2. The van der Waals surface area contributed by atoms with Crippen molar-refractivity contribution in [3.05, 3.63) is 29.6 Å². The maximum Gasteiger partial charge on any atom is 0.0540 e. The molecule has 0 spiro atoms. The van der Waals surface area contributed by atoms with E-state index in [1.807, 2.05) is 6.20 Å². The van der Waals surface area contributed by atoms with Crippen LogP contribution in [0.1, 0.15) is 62.6 Å². The molecule has 1 aromatic rings. The van der Waals surface area contributed by atoms with Gasteiger partial charge in [-0.25, -0.2) is 0 Å². The Kier molecular flexibility index (Phi) is 3.59. The number of pyridine rings is 1. The second-order valence-corrected chi connectivity index (χ2v) is 5.18. The van der Waals surface area contributed by atoms with E-state index < -0.39 is 0 Å². The van der Waals surface area contributed by atoms with Gasteiger partial charge in [-0.15, -0.1) is 0 Å². The van der Waals surface area contributed by atoms with Gasteiger partial charge in [0.25, 0.3) is 0 Å². The van der Waals surface area contributed by atoms with Gasteiger partial charge >= 0.3 is 0 Å². The predicted molar refractivity (Wildman–Crippen MR) is 65.5 cm³/mol. The topological polar surface area (TPSA) is 33.1 Å². The van der Waals surface area contributed by atoms with Gasteiger partial charge in [-0.05, 0) is 43.2 Å². The van der Waals surface area contributed by atoms with Gasteiger partial charge in [-0.1, -0.05) is 19.9 Å². The van der Waals surface area contributed by atoms with Crippen LogP contribution >= 0.6 is 0 Å². The lowest BCUT2D eigenvalue weighted by Gasteiger charge is -2.25. The first-order chi connectivity index (χ1) is 7.66. The highest BCUT2D eigenvalue weighted by Gasteiger charge is 2.21. The number of hydrogen-bond donors (Lipinski definition) is 1. The van der Waals surface area contributed by atoms with Crippen molar-refractivity contribution in [3.8, 4) is 0 Å². The Hall–Kier alpha value is -0.890. The second kappa shape index (κ2) is 4.96. The maximum absolute atomic E-state index is 9.47. The van der Waals surface area contributed by atoms with Crippen LogP contribution in [-0.4, -0.2) is 16.2 Å². The third-order valence-electron chi connectivity index (χ3n) is 3.59. The standard InChI is InChI=1S/C14H21NO/c1-10(2)12-5-8-14(15-9-12)11-3-6-13(16)7-4-11/h5,8-11,13,16H,3-4,6-7H2,1-2H3. The zero-order chi connectivity index (χ0) is 11.5. The highest BCUT2D eigenvalue weighted by atomic mass is 16.3. The SMILES string of the molecule is CC(C)c1ccc(C2CCC(O)CC2)nc1. The number of aromatic nitrogens is 1. The molecule has 16 heavy (non-hydrogen) atoms. The van der Waals surface area contributed by atoms with Gasteiger partial charge < -0.3 is 5.11 Å². The Bertz CT molecular complexity index is 323. The Morgan fingerprint density at radius 1 is 1.19 bits per heavy atom. The van der Waals surface area contributed by atoms with Crippen LogP contribution < -0.4 is 0 Å². The van der Waals surface area contributed by atoms with E-state index in [4.69, 9.17) is 0 Å². The van der Waals surface area contributed by atoms with Crippen molar-refractivity contribution >= 4 is 0 Å². The molecule has 88 valence electrons. The van der Waals surface area contributed by atoms with Crippen LogP contribution in [0.3, 0.4) is 0 Å². The van der Waals surface area contributed by atoms with Crippen LogP contribution in [0.4, 0.5) is 0 Å². The van der Waals surface area contributed by atoms with E-state index >= 15 is 0 Å². The minimum atomic E-state index is -0.0776. The van der Waals surface area contributed by atoms with Gasteiger partial charge in [0.1, 0.15) is 0 Å². The smallest absolute Gasteiger partial charge is 0.0540 e. The lowest BCUT2D eigenvalue weighted by molar-refractivity contribution is 0.122. The van der Waals surface area contributed by atoms with E-state index in [1.54, 1.807) is 0 Å². The molecule has 1 aromatic heterocycles. The molecule has 1 saturated carbocycles. The molecule has 0 amide bonds. The Labute approximate surface area is 97.7 Å². The molecule has 1 aliphatic carbocycles. The van der Waals surface area contributed by atoms with E-state index in [0.29, 0.717) is 11.8 Å². The summed E-state index contributed by atoms with van der Waals surface area (Å²) in [5.41, 5.74) is 2.51. The van der Waals surface area contributed by atoms with Crippen molar-refractivity contribution in [3.63, 3.8) is 0 Å². The molecule has 0 bridgehead atoms. The lowest BCUT2D eigenvalue weighted by Crippen LogP contribution is -2.17. The quantitative estimate of drug-likeness (QED) is 0.828. The molecule has 0 radical (unpaired) electrons. The minimum absolute atomic E-state index is 0.0776. The van der Waals surface area contributed by atoms with E-state index in [-0.39, 0.29) is 6.10 Å². The van der Waals surface area contributed by atoms with E-state index in [1.165, 1.54) is 11.3 Å². The van der Waals surface area contributed by atoms with Gasteiger partial charge in [-0.2, -0.15) is 0 Å². The molecule has 0 aliphatic heterocycles. The van der Waals surface area contributed by atoms with Crippen molar-refractivity contribution in [1.29, 1.82) is 0 Å². The molecule has 0 atom stereocenters. The molecule has 2 rings (SSSR count). The molecule has 1 aliphatic rings. The monoisotopic (exact) mass is 219 g/mol. The van der Waals surface area contributed by atoms with Crippen LogP contribution in [0.2, 0.25) is 0 Å². The van der Waals surface area contributed by atoms with Gasteiger partial charge in [0.15, 0.2) is 0 Å². The van der Waals surface area contributed by atoms with E-state index in [0.717, 1.165) is 25.7 Å². The highest BCUT2D eigenvalue weighted by molar-refractivity contribution is 5.19. The Morgan fingerprint density at radius 3 is 2.38 bits per heavy atom. The number of aliphatic hydroxyl groups excluding tert-OH is 1. The second-order valence-electron chi connectivity index (χ2n) is 5.18. The molecule has 2 nitrogen and oxygen atoms in total. The molecule has 2 heteroatoms. The fourth-order valence-corrected chi connectivity index (χ4v) is 2.37. The third kappa shape index (κ3) is 2.62. The summed E-state index contributed by atoms with van der Waals surface area (Å²) in [6.45, 7) is 4.38. The summed E-state index contributed by atoms with van der Waals surface area (Å²) in [4.78, 5) is 4.57. The van der Waals surface area contributed by atoms with Crippen molar-refractivity contribution < 1.29 is 5.11 Å². The number of hydrogen-bond acceptors (Lipinski definition) is 2. The maximum atomic E-state index is 9.47. The first-order valence-electron chi connectivity index (χ1n) is 6.30. The number of nitrogens with zero attached hydrogens (tertiary/aromatic N) is 1. The number of aliphatic hydroxyl groups is 1. The summed E-state index contributed by atoms with van der Waals surface area (Å²) in [7, 11) is 0. The molecule has 0 aromatic carbocycles. The van der Waals surface area contributed by atoms with Crippen LogP contribution in [0, 0.1) is 0 Å². The van der Waals surface area contributed by atoms with Crippen molar-refractivity contribution in [2.45, 2.75) is 57.5 Å². The van der Waals surface area contributed by atoms with Gasteiger partial charge in [0, 0.05) is 17.8 Å². The Balaban J connectivity index is 2.04. The molecular weight excluding hydrogens is 198 g/mol. The van der Waals surface area contributed by atoms with E-state index in [2.05, 4.69) is 31.0 Å². The third-order valence-corrected chi connectivity index (χ3v) is 3.59. The van der Waals surface area contributed by atoms with Gasteiger partial charge in [0.2, 0.25) is 0 Å². The summed E-state index contributed by atoms with van der Waals surface area (Å²) in [5.74, 6) is 1.11. The first-order valence-corrected chi connectivity index (χ1v) is 6.30. The summed E-state index contributed by atoms with van der Waals surface area (Å²) >= 11 is 0. The fraction of sp³-hybridized carbons (Fsp3) is 0.643. The van der Waals surface area contributed by atoms with Crippen LogP contribution in [-0.2, 0) is 0 Å². The zero-order valence-electron chi connectivity index (χ0n) is 10.2. The molecular formula is C14H21NO. The van der Waals surface area contributed by atoms with Gasteiger partial charge in [-0.3, -0.25) is 4.98 Å². The molecule has 1 fully saturated rings. The molecule has 0 unspecified atom stereocenters. The average molecular weight is 219 g/mol. The molecule has 1 N–H and O–H groups in total. The van der Waals surface area contributed by atoms with Crippen molar-refractivity contribution in [1.82, 2.24) is 4.98 Å². The zero-order valence-corrected chi connectivity index (χ0v) is 10.2. The normalized spacial score (nSPS) is 26.0. The molecule has 0 saturated heterocycles. The van der Waals surface area contributed by atoms with Crippen LogP contribution in [0.15, 0.2) is 18.3 Å². The van der Waals surface area contributed by atoms with E-state index in [9.17, 15) is 5.11 Å². The van der Waals surface area contributed by atoms with Crippen molar-refractivity contribution in [2.24, 2.45) is 0 Å². The predicted octanol–water partition coefficient (Wildman–Crippen LogP) is 3.22. The largest absolute Gasteiger partial charge is 0.393 e. The van der Waals surface area contributed by atoms with Crippen LogP contribution in [0.25, 0.3) is 0 Å². The average Bonchev–Trinajstić information content (AvgIpc) is 2.30. The first kappa shape index (κ1) is 11.6. The highest BCUT2D eigenvalue weighted by Crippen LogP contribution is 2.32.